The van der Waals surface area contributed by atoms with Gasteiger partial charge in [0.05, 0.1) is 10.9 Å². The summed E-state index contributed by atoms with van der Waals surface area (Å²) in [6.07, 6.45) is 2.29. The fourth-order valence-corrected chi connectivity index (χ4v) is 1.47. The van der Waals surface area contributed by atoms with Crippen LogP contribution in [0.4, 0.5) is 4.39 Å². The summed E-state index contributed by atoms with van der Waals surface area (Å²) in [6.45, 7) is 5.39. The third-order valence-electron chi connectivity index (χ3n) is 1.64. The lowest BCUT2D eigenvalue weighted by molar-refractivity contribution is 0.621. The molecule has 0 aliphatic carbocycles. The Morgan fingerprint density at radius 2 is 2.19 bits per heavy atom. The maximum atomic E-state index is 12.8. The highest BCUT2D eigenvalue weighted by atomic mass is 35.5. The van der Waals surface area contributed by atoms with Gasteiger partial charge in [-0.1, -0.05) is 11.6 Å². The van der Waals surface area contributed by atoms with Crippen molar-refractivity contribution in [2.24, 2.45) is 4.40 Å². The molecule has 88 valence electrons. The van der Waals surface area contributed by atoms with Gasteiger partial charge in [0.15, 0.2) is 0 Å². The van der Waals surface area contributed by atoms with Crippen molar-refractivity contribution in [2.75, 3.05) is 0 Å². The van der Waals surface area contributed by atoms with Crippen LogP contribution in [-0.2, 0) is 11.0 Å². The molecule has 0 saturated heterocycles. The van der Waals surface area contributed by atoms with Crippen LogP contribution in [0.3, 0.4) is 0 Å². The lowest BCUT2D eigenvalue weighted by atomic mass is 10.3. The Morgan fingerprint density at radius 1 is 1.56 bits per heavy atom. The molecule has 1 aromatic heterocycles. The van der Waals surface area contributed by atoms with E-state index in [1.54, 1.807) is 20.8 Å². The molecular formula is C10H12ClFN2OS. The lowest BCUT2D eigenvalue weighted by Gasteiger charge is -2.12. The summed E-state index contributed by atoms with van der Waals surface area (Å²) in [6, 6.07) is 1.19. The molecule has 0 amide bonds. The van der Waals surface area contributed by atoms with E-state index < -0.39 is 21.5 Å². The smallest absolute Gasteiger partial charge is 0.144 e. The number of rotatable bonds is 2. The van der Waals surface area contributed by atoms with E-state index in [-0.39, 0.29) is 5.15 Å². The van der Waals surface area contributed by atoms with Crippen LogP contribution < -0.4 is 0 Å². The van der Waals surface area contributed by atoms with Crippen LogP contribution in [0.5, 0.6) is 0 Å². The zero-order valence-electron chi connectivity index (χ0n) is 9.20. The van der Waals surface area contributed by atoms with E-state index in [1.165, 1.54) is 12.3 Å². The molecule has 1 atom stereocenters. The molecular weight excluding hydrogens is 251 g/mol. The number of nitrogens with zero attached hydrogens (tertiary/aromatic N) is 2. The highest BCUT2D eigenvalue weighted by Gasteiger charge is 2.18. The Kier molecular flexibility index (Phi) is 4.15. The van der Waals surface area contributed by atoms with Crippen molar-refractivity contribution in [3.8, 4) is 0 Å². The van der Waals surface area contributed by atoms with Gasteiger partial charge in [-0.3, -0.25) is 0 Å². The van der Waals surface area contributed by atoms with Gasteiger partial charge < -0.3 is 0 Å². The van der Waals surface area contributed by atoms with Crippen molar-refractivity contribution < 1.29 is 8.60 Å². The van der Waals surface area contributed by atoms with E-state index in [9.17, 15) is 8.60 Å². The predicted molar refractivity (Wildman–Crippen MR) is 64.7 cm³/mol. The van der Waals surface area contributed by atoms with E-state index in [4.69, 9.17) is 11.6 Å². The highest BCUT2D eigenvalue weighted by Crippen LogP contribution is 2.14. The van der Waals surface area contributed by atoms with Crippen molar-refractivity contribution >= 4 is 28.8 Å². The molecule has 6 heteroatoms. The van der Waals surface area contributed by atoms with E-state index in [2.05, 4.69) is 9.38 Å². The average molecular weight is 263 g/mol. The molecule has 0 aromatic carbocycles. The number of pyridine rings is 1. The average Bonchev–Trinajstić information content (AvgIpc) is 2.17. The van der Waals surface area contributed by atoms with E-state index in [0.29, 0.717) is 5.56 Å². The van der Waals surface area contributed by atoms with Gasteiger partial charge in [-0.2, -0.15) is 4.40 Å². The van der Waals surface area contributed by atoms with Crippen molar-refractivity contribution in [1.29, 1.82) is 0 Å². The van der Waals surface area contributed by atoms with Crippen LogP contribution in [0.2, 0.25) is 5.15 Å². The third-order valence-corrected chi connectivity index (χ3v) is 3.30. The summed E-state index contributed by atoms with van der Waals surface area (Å²) in [4.78, 5) is 3.62. The molecule has 0 aliphatic heterocycles. The molecule has 0 aliphatic rings. The highest BCUT2D eigenvalue weighted by molar-refractivity contribution is 7.85. The van der Waals surface area contributed by atoms with Crippen LogP contribution in [0, 0.1) is 5.82 Å². The molecule has 0 fully saturated rings. The maximum absolute atomic E-state index is 12.8. The molecule has 0 bridgehead atoms. The maximum Gasteiger partial charge on any atom is 0.144 e. The minimum absolute atomic E-state index is 0.135. The Labute approximate surface area is 101 Å². The zero-order valence-corrected chi connectivity index (χ0v) is 10.8. The minimum Gasteiger partial charge on any atom is -0.241 e. The summed E-state index contributed by atoms with van der Waals surface area (Å²) < 4.78 is 27.8. The van der Waals surface area contributed by atoms with Crippen molar-refractivity contribution in [1.82, 2.24) is 4.98 Å². The largest absolute Gasteiger partial charge is 0.241 e. The molecule has 0 saturated carbocycles. The predicted octanol–water partition coefficient (Wildman–Crippen LogP) is 2.76. The van der Waals surface area contributed by atoms with Gasteiger partial charge in [-0.15, -0.1) is 0 Å². The van der Waals surface area contributed by atoms with Gasteiger partial charge in [0.2, 0.25) is 0 Å². The lowest BCUT2D eigenvalue weighted by Crippen LogP contribution is -2.19. The minimum atomic E-state index is -1.39. The van der Waals surface area contributed by atoms with Gasteiger partial charge >= 0.3 is 0 Å². The first-order valence-electron chi connectivity index (χ1n) is 4.58. The summed E-state index contributed by atoms with van der Waals surface area (Å²) in [5.74, 6) is -0.507. The zero-order chi connectivity index (χ0) is 12.3. The van der Waals surface area contributed by atoms with Crippen molar-refractivity contribution in [3.63, 3.8) is 0 Å². The molecule has 3 nitrogen and oxygen atoms in total. The standard InChI is InChI=1S/C10H12ClFN2OS/c1-10(2,3)16(15)14-5-7-4-8(12)6-13-9(7)11/h4-6H,1-3H3/t16-/m1/s1. The van der Waals surface area contributed by atoms with E-state index >= 15 is 0 Å². The molecule has 0 unspecified atom stereocenters. The summed E-state index contributed by atoms with van der Waals surface area (Å²) in [5.41, 5.74) is 0.319. The van der Waals surface area contributed by atoms with Crippen molar-refractivity contribution in [2.45, 2.75) is 25.5 Å². The third kappa shape index (κ3) is 3.64. The fraction of sp³-hybridized carbons (Fsp3) is 0.400. The number of halogens is 2. The first-order valence-corrected chi connectivity index (χ1v) is 6.06. The van der Waals surface area contributed by atoms with Crippen LogP contribution in [0.15, 0.2) is 16.7 Å². The fourth-order valence-electron chi connectivity index (χ4n) is 0.792. The quantitative estimate of drug-likeness (QED) is 0.608. The molecule has 1 aromatic rings. The van der Waals surface area contributed by atoms with Gasteiger partial charge in [0, 0.05) is 11.8 Å². The van der Waals surface area contributed by atoms with Crippen LogP contribution in [0.1, 0.15) is 26.3 Å². The normalized spacial score (nSPS) is 14.3. The van der Waals surface area contributed by atoms with Gasteiger partial charge in [0.1, 0.15) is 22.0 Å². The first-order chi connectivity index (χ1) is 7.30. The number of hydrogen-bond donors (Lipinski definition) is 0. The Morgan fingerprint density at radius 3 is 2.75 bits per heavy atom. The van der Waals surface area contributed by atoms with Gasteiger partial charge in [-0.05, 0) is 26.8 Å². The van der Waals surface area contributed by atoms with Crippen LogP contribution in [-0.4, -0.2) is 20.2 Å². The monoisotopic (exact) mass is 262 g/mol. The SMILES string of the molecule is CC(C)(C)[S@@](=O)N=Cc1cc(F)cnc1Cl. The van der Waals surface area contributed by atoms with Gasteiger partial charge in [-0.25, -0.2) is 13.6 Å². The molecule has 0 spiro atoms. The molecule has 16 heavy (non-hydrogen) atoms. The molecule has 0 radical (unpaired) electrons. The Balaban J connectivity index is 2.93. The molecule has 1 heterocycles. The number of aromatic nitrogens is 1. The summed E-state index contributed by atoms with van der Waals surface area (Å²) >= 11 is 5.73. The molecule has 1 rings (SSSR count). The van der Waals surface area contributed by atoms with E-state index in [1.807, 2.05) is 0 Å². The Hall–Kier alpha value is -0.810. The van der Waals surface area contributed by atoms with Gasteiger partial charge in [0.25, 0.3) is 0 Å². The second kappa shape index (κ2) is 5.01. The van der Waals surface area contributed by atoms with E-state index in [0.717, 1.165) is 6.20 Å². The van der Waals surface area contributed by atoms with Crippen LogP contribution in [0.25, 0.3) is 0 Å². The topological polar surface area (TPSA) is 42.3 Å². The molecule has 0 N–H and O–H groups in total. The Bertz CT molecular complexity index is 443. The van der Waals surface area contributed by atoms with Crippen molar-refractivity contribution in [3.05, 3.63) is 28.8 Å². The number of hydrogen-bond acceptors (Lipinski definition) is 2. The second-order valence-corrected chi connectivity index (χ2v) is 6.42. The summed E-state index contributed by atoms with van der Waals surface area (Å²) in [5, 5.41) is 0.135. The summed E-state index contributed by atoms with van der Waals surface area (Å²) in [7, 11) is -1.39. The first kappa shape index (κ1) is 13.3. The van der Waals surface area contributed by atoms with Crippen LogP contribution >= 0.6 is 11.6 Å². The second-order valence-electron chi connectivity index (χ2n) is 4.13.